The monoisotopic (exact) mass is 338 g/mol. The van der Waals surface area contributed by atoms with Crippen LogP contribution >= 0.6 is 11.8 Å². The summed E-state index contributed by atoms with van der Waals surface area (Å²) in [6.07, 6.45) is 6.65. The molecule has 1 fully saturated rings. The third-order valence-corrected chi connectivity index (χ3v) is 5.97. The fourth-order valence-electron chi connectivity index (χ4n) is 3.34. The summed E-state index contributed by atoms with van der Waals surface area (Å²) in [5, 5.41) is 0.793. The van der Waals surface area contributed by atoms with E-state index in [9.17, 15) is 0 Å². The van der Waals surface area contributed by atoms with E-state index in [4.69, 9.17) is 4.98 Å². The second-order valence-corrected chi connectivity index (χ2v) is 7.52. The van der Waals surface area contributed by atoms with Crippen molar-refractivity contribution in [1.29, 1.82) is 0 Å². The van der Waals surface area contributed by atoms with Gasteiger partial charge >= 0.3 is 0 Å². The van der Waals surface area contributed by atoms with Crippen LogP contribution in [0.2, 0.25) is 0 Å². The first-order valence-electron chi connectivity index (χ1n) is 8.44. The van der Waals surface area contributed by atoms with Crippen LogP contribution in [0, 0.1) is 6.92 Å². The minimum atomic E-state index is 0.793. The smallest absolute Gasteiger partial charge is 0.138 e. The van der Waals surface area contributed by atoms with E-state index in [1.807, 2.05) is 36.2 Å². The average Bonchev–Trinajstić information content (AvgIpc) is 3.06. The summed E-state index contributed by atoms with van der Waals surface area (Å²) in [4.78, 5) is 15.3. The second kappa shape index (κ2) is 6.48. The Morgan fingerprint density at radius 2 is 2.00 bits per heavy atom. The molecule has 0 amide bonds. The molecule has 3 aromatic rings. The van der Waals surface area contributed by atoms with Gasteiger partial charge in [0.05, 0.1) is 11.0 Å². The van der Waals surface area contributed by atoms with E-state index in [2.05, 4.69) is 40.2 Å². The number of rotatable bonds is 3. The summed E-state index contributed by atoms with van der Waals surface area (Å²) < 4.78 is 0. The predicted molar refractivity (Wildman–Crippen MR) is 103 cm³/mol. The average molecular weight is 338 g/mol. The SMILES string of the molecule is CSC1CCN(c2cc(-c3nc4ccccc4[nH]3)c(C)cn2)CC1. The number of nitrogens with one attached hydrogen (secondary N) is 1. The van der Waals surface area contributed by atoms with Gasteiger partial charge in [0.15, 0.2) is 0 Å². The maximum atomic E-state index is 4.75. The Morgan fingerprint density at radius 1 is 1.21 bits per heavy atom. The van der Waals surface area contributed by atoms with E-state index >= 15 is 0 Å². The number of fused-ring (bicyclic) bond motifs is 1. The summed E-state index contributed by atoms with van der Waals surface area (Å²) in [7, 11) is 0. The van der Waals surface area contributed by atoms with Crippen molar-refractivity contribution in [2.24, 2.45) is 0 Å². The van der Waals surface area contributed by atoms with Crippen molar-refractivity contribution in [2.45, 2.75) is 25.0 Å². The molecule has 4 nitrogen and oxygen atoms in total. The van der Waals surface area contributed by atoms with Crippen molar-refractivity contribution in [2.75, 3.05) is 24.2 Å². The van der Waals surface area contributed by atoms with Crippen LogP contribution < -0.4 is 4.90 Å². The number of pyridine rings is 1. The molecule has 0 unspecified atom stereocenters. The Morgan fingerprint density at radius 3 is 2.75 bits per heavy atom. The number of thioether (sulfide) groups is 1. The Balaban J connectivity index is 1.66. The highest BCUT2D eigenvalue weighted by atomic mass is 32.2. The molecule has 1 saturated heterocycles. The first kappa shape index (κ1) is 15.5. The molecule has 0 atom stereocenters. The zero-order valence-corrected chi connectivity index (χ0v) is 14.9. The third kappa shape index (κ3) is 2.88. The number of benzene rings is 1. The highest BCUT2D eigenvalue weighted by Gasteiger charge is 2.20. The Kier molecular flexibility index (Phi) is 4.19. The largest absolute Gasteiger partial charge is 0.357 e. The molecule has 24 heavy (non-hydrogen) atoms. The molecule has 1 aliphatic heterocycles. The number of H-pyrrole nitrogens is 1. The van der Waals surface area contributed by atoms with E-state index in [1.54, 1.807) is 0 Å². The van der Waals surface area contributed by atoms with Gasteiger partial charge in [-0.3, -0.25) is 0 Å². The standard InChI is InChI=1S/C19H22N4S/c1-13-12-20-18(23-9-7-14(24-2)8-10-23)11-15(13)19-21-16-5-3-4-6-17(16)22-19/h3-6,11-12,14H,7-10H2,1-2H3,(H,21,22). The van der Waals surface area contributed by atoms with Gasteiger partial charge < -0.3 is 9.88 Å². The number of piperidine rings is 1. The number of nitrogens with zero attached hydrogens (tertiary/aromatic N) is 3. The molecule has 2 aromatic heterocycles. The molecule has 0 aliphatic carbocycles. The Labute approximate surface area is 146 Å². The van der Waals surface area contributed by atoms with Crippen molar-refractivity contribution >= 4 is 28.6 Å². The van der Waals surface area contributed by atoms with Crippen molar-refractivity contribution < 1.29 is 0 Å². The van der Waals surface area contributed by atoms with E-state index in [1.165, 1.54) is 12.8 Å². The Hall–Kier alpha value is -2.01. The molecule has 1 N–H and O–H groups in total. The van der Waals surface area contributed by atoms with Crippen molar-refractivity contribution in [3.63, 3.8) is 0 Å². The number of aromatic nitrogens is 3. The summed E-state index contributed by atoms with van der Waals surface area (Å²) in [5.41, 5.74) is 4.37. The summed E-state index contributed by atoms with van der Waals surface area (Å²) in [6, 6.07) is 10.3. The predicted octanol–water partition coefficient (Wildman–Crippen LogP) is 4.27. The van der Waals surface area contributed by atoms with Gasteiger partial charge in [-0.1, -0.05) is 12.1 Å². The van der Waals surface area contributed by atoms with Gasteiger partial charge in [-0.2, -0.15) is 11.8 Å². The maximum absolute atomic E-state index is 4.75. The minimum absolute atomic E-state index is 0.793. The lowest BCUT2D eigenvalue weighted by Crippen LogP contribution is -2.35. The second-order valence-electron chi connectivity index (χ2n) is 6.38. The lowest BCUT2D eigenvalue weighted by molar-refractivity contribution is 0.587. The number of para-hydroxylation sites is 2. The zero-order chi connectivity index (χ0) is 16.5. The molecule has 0 saturated carbocycles. The molecule has 0 spiro atoms. The molecule has 1 aromatic carbocycles. The molecular formula is C19H22N4S. The van der Waals surface area contributed by atoms with Crippen LogP contribution in [0.1, 0.15) is 18.4 Å². The van der Waals surface area contributed by atoms with Crippen LogP contribution in [-0.2, 0) is 0 Å². The van der Waals surface area contributed by atoms with Crippen molar-refractivity contribution in [3.05, 3.63) is 42.1 Å². The first-order valence-corrected chi connectivity index (χ1v) is 9.73. The number of anilines is 1. The van der Waals surface area contributed by atoms with Gasteiger partial charge in [-0.25, -0.2) is 9.97 Å². The molecule has 3 heterocycles. The molecular weight excluding hydrogens is 316 g/mol. The number of hydrogen-bond acceptors (Lipinski definition) is 4. The van der Waals surface area contributed by atoms with Gasteiger partial charge in [0.25, 0.3) is 0 Å². The molecule has 4 rings (SSSR count). The van der Waals surface area contributed by atoms with Gasteiger partial charge in [-0.15, -0.1) is 0 Å². The molecule has 0 radical (unpaired) electrons. The number of imidazole rings is 1. The fourth-order valence-corrected chi connectivity index (χ4v) is 4.02. The van der Waals surface area contributed by atoms with Gasteiger partial charge in [0, 0.05) is 30.1 Å². The highest BCUT2D eigenvalue weighted by molar-refractivity contribution is 7.99. The van der Waals surface area contributed by atoms with Crippen LogP contribution in [-0.4, -0.2) is 39.5 Å². The highest BCUT2D eigenvalue weighted by Crippen LogP contribution is 2.29. The summed E-state index contributed by atoms with van der Waals surface area (Å²) in [5.74, 6) is 1.99. The summed E-state index contributed by atoms with van der Waals surface area (Å²) in [6.45, 7) is 4.27. The van der Waals surface area contributed by atoms with E-state index in [-0.39, 0.29) is 0 Å². The van der Waals surface area contributed by atoms with Crippen LogP contribution in [0.15, 0.2) is 36.5 Å². The van der Waals surface area contributed by atoms with Crippen LogP contribution in [0.4, 0.5) is 5.82 Å². The van der Waals surface area contributed by atoms with Crippen molar-refractivity contribution in [1.82, 2.24) is 15.0 Å². The molecule has 124 valence electrons. The molecule has 0 bridgehead atoms. The van der Waals surface area contributed by atoms with Crippen molar-refractivity contribution in [3.8, 4) is 11.4 Å². The topological polar surface area (TPSA) is 44.8 Å². The fraction of sp³-hybridized carbons (Fsp3) is 0.368. The normalized spacial score (nSPS) is 16.0. The summed E-state index contributed by atoms with van der Waals surface area (Å²) >= 11 is 1.99. The quantitative estimate of drug-likeness (QED) is 0.775. The van der Waals surface area contributed by atoms with Gasteiger partial charge in [0.2, 0.25) is 0 Å². The molecule has 1 aliphatic rings. The van der Waals surface area contributed by atoms with Crippen LogP contribution in [0.25, 0.3) is 22.4 Å². The maximum Gasteiger partial charge on any atom is 0.138 e. The lowest BCUT2D eigenvalue weighted by atomic mass is 10.1. The lowest BCUT2D eigenvalue weighted by Gasteiger charge is -2.32. The van der Waals surface area contributed by atoms with Gasteiger partial charge in [0.1, 0.15) is 11.6 Å². The number of aryl methyl sites for hydroxylation is 1. The van der Waals surface area contributed by atoms with E-state index in [0.29, 0.717) is 0 Å². The third-order valence-electron chi connectivity index (χ3n) is 4.83. The number of aromatic amines is 1. The van der Waals surface area contributed by atoms with E-state index < -0.39 is 0 Å². The van der Waals surface area contributed by atoms with E-state index in [0.717, 1.165) is 52.1 Å². The van der Waals surface area contributed by atoms with Crippen LogP contribution in [0.5, 0.6) is 0 Å². The van der Waals surface area contributed by atoms with Gasteiger partial charge in [-0.05, 0) is 49.8 Å². The Bertz CT molecular complexity index is 816. The first-order chi connectivity index (χ1) is 11.7. The molecule has 5 heteroatoms. The van der Waals surface area contributed by atoms with Crippen LogP contribution in [0.3, 0.4) is 0 Å². The zero-order valence-electron chi connectivity index (χ0n) is 14.1. The minimum Gasteiger partial charge on any atom is -0.357 e. The number of hydrogen-bond donors (Lipinski definition) is 1.